The number of hydrogen-bond donors (Lipinski definition) is 1. The topological polar surface area (TPSA) is 86.8 Å². The molecule has 214 valence electrons. The van der Waals surface area contributed by atoms with Crippen LogP contribution < -0.4 is 9.62 Å². The highest BCUT2D eigenvalue weighted by atomic mass is 35.5. The Morgan fingerprint density at radius 3 is 2.17 bits per heavy atom. The van der Waals surface area contributed by atoms with E-state index in [9.17, 15) is 18.0 Å². The summed E-state index contributed by atoms with van der Waals surface area (Å²) in [4.78, 5) is 28.6. The van der Waals surface area contributed by atoms with Gasteiger partial charge in [0, 0.05) is 22.6 Å². The first-order valence-electron chi connectivity index (χ1n) is 13.0. The normalized spacial score (nSPS) is 12.9. The van der Waals surface area contributed by atoms with Crippen molar-refractivity contribution in [3.05, 3.63) is 93.5 Å². The van der Waals surface area contributed by atoms with E-state index >= 15 is 0 Å². The van der Waals surface area contributed by atoms with Gasteiger partial charge in [0.1, 0.15) is 12.6 Å². The first kappa shape index (κ1) is 31.5. The van der Waals surface area contributed by atoms with Crippen molar-refractivity contribution in [2.75, 3.05) is 10.8 Å². The highest BCUT2D eigenvalue weighted by Gasteiger charge is 2.33. The van der Waals surface area contributed by atoms with Gasteiger partial charge >= 0.3 is 0 Å². The minimum Gasteiger partial charge on any atom is -0.352 e. The summed E-state index contributed by atoms with van der Waals surface area (Å²) in [7, 11) is -4.16. The Morgan fingerprint density at radius 1 is 0.925 bits per heavy atom. The summed E-state index contributed by atoms with van der Waals surface area (Å²) in [5, 5.41) is 3.85. The fourth-order valence-corrected chi connectivity index (χ4v) is 6.05. The highest BCUT2D eigenvalue weighted by Crippen LogP contribution is 2.29. The molecule has 0 radical (unpaired) electrons. The van der Waals surface area contributed by atoms with Crippen LogP contribution in [0.15, 0.2) is 71.6 Å². The van der Waals surface area contributed by atoms with Gasteiger partial charge < -0.3 is 10.2 Å². The van der Waals surface area contributed by atoms with Crippen molar-refractivity contribution >= 4 is 50.7 Å². The number of carbonyl (C=O) groups is 2. The van der Waals surface area contributed by atoms with Crippen LogP contribution in [0.25, 0.3) is 0 Å². The van der Waals surface area contributed by atoms with Gasteiger partial charge in [0.15, 0.2) is 0 Å². The summed E-state index contributed by atoms with van der Waals surface area (Å²) in [6.45, 7) is 8.59. The number of carbonyl (C=O) groups excluding carboxylic acids is 2. The van der Waals surface area contributed by atoms with Gasteiger partial charge in [0.05, 0.1) is 10.6 Å². The molecule has 0 heterocycles. The van der Waals surface area contributed by atoms with Crippen LogP contribution in [-0.2, 0) is 26.2 Å². The van der Waals surface area contributed by atoms with E-state index in [1.54, 1.807) is 68.4 Å². The molecule has 1 N–H and O–H groups in total. The summed E-state index contributed by atoms with van der Waals surface area (Å²) in [6, 6.07) is 17.3. The third-order valence-electron chi connectivity index (χ3n) is 6.73. The zero-order valence-corrected chi connectivity index (χ0v) is 25.6. The second-order valence-corrected chi connectivity index (χ2v) is 12.6. The van der Waals surface area contributed by atoms with Crippen LogP contribution in [0.4, 0.5) is 5.69 Å². The molecule has 0 aliphatic rings. The molecule has 0 aliphatic carbocycles. The predicted octanol–water partition coefficient (Wildman–Crippen LogP) is 6.14. The van der Waals surface area contributed by atoms with Gasteiger partial charge in [-0.3, -0.25) is 13.9 Å². The maximum atomic E-state index is 14.0. The monoisotopic (exact) mass is 603 g/mol. The molecule has 2 atom stereocenters. The zero-order valence-electron chi connectivity index (χ0n) is 23.3. The molecule has 0 aliphatic heterocycles. The number of sulfonamides is 1. The molecule has 3 aromatic carbocycles. The first-order chi connectivity index (χ1) is 18.8. The highest BCUT2D eigenvalue weighted by molar-refractivity contribution is 7.92. The van der Waals surface area contributed by atoms with Crippen molar-refractivity contribution in [3.63, 3.8) is 0 Å². The van der Waals surface area contributed by atoms with Crippen molar-refractivity contribution in [2.45, 2.75) is 64.6 Å². The molecule has 0 fully saturated rings. The van der Waals surface area contributed by atoms with Gasteiger partial charge in [-0.25, -0.2) is 8.42 Å². The molecule has 0 saturated carbocycles. The summed E-state index contributed by atoms with van der Waals surface area (Å²) >= 11 is 12.4. The molecule has 3 rings (SSSR count). The van der Waals surface area contributed by atoms with E-state index < -0.39 is 28.5 Å². The number of benzene rings is 3. The van der Waals surface area contributed by atoms with Crippen molar-refractivity contribution in [3.8, 4) is 0 Å². The van der Waals surface area contributed by atoms with E-state index in [2.05, 4.69) is 5.32 Å². The van der Waals surface area contributed by atoms with Crippen LogP contribution in [0.5, 0.6) is 0 Å². The number of hydrogen-bond acceptors (Lipinski definition) is 4. The van der Waals surface area contributed by atoms with Gasteiger partial charge in [-0.15, -0.1) is 0 Å². The third kappa shape index (κ3) is 7.77. The smallest absolute Gasteiger partial charge is 0.264 e. The molecule has 3 aromatic rings. The fraction of sp³-hybridized carbons (Fsp3) is 0.333. The maximum Gasteiger partial charge on any atom is 0.264 e. The van der Waals surface area contributed by atoms with Crippen LogP contribution in [-0.4, -0.2) is 43.8 Å². The Bertz CT molecular complexity index is 1460. The number of nitrogens with one attached hydrogen (secondary N) is 1. The molecule has 0 spiro atoms. The number of anilines is 1. The van der Waals surface area contributed by atoms with Crippen molar-refractivity contribution in [1.29, 1.82) is 0 Å². The number of amides is 2. The molecule has 0 saturated heterocycles. The van der Waals surface area contributed by atoms with Crippen molar-refractivity contribution in [2.24, 2.45) is 0 Å². The molecular formula is C30H35Cl2N3O4S. The quantitative estimate of drug-likeness (QED) is 0.285. The van der Waals surface area contributed by atoms with E-state index in [0.29, 0.717) is 26.9 Å². The molecule has 40 heavy (non-hydrogen) atoms. The third-order valence-corrected chi connectivity index (χ3v) is 8.97. The molecule has 2 unspecified atom stereocenters. The Hall–Kier alpha value is -3.07. The van der Waals surface area contributed by atoms with Gasteiger partial charge in [-0.2, -0.15) is 0 Å². The summed E-state index contributed by atoms with van der Waals surface area (Å²) in [6.07, 6.45) is 0.721. The van der Waals surface area contributed by atoms with E-state index in [-0.39, 0.29) is 23.4 Å². The van der Waals surface area contributed by atoms with Crippen molar-refractivity contribution in [1.82, 2.24) is 10.2 Å². The molecule has 2 amide bonds. The standard InChI is InChI=1S/C30H35Cl2N3O4S/c1-6-22(4)33-30(37)23(5)34(18-24-8-7-9-25(31)17-24)29(36)19-35(28-15-12-26(32)16-21(28)3)40(38,39)27-13-10-20(2)11-14-27/h7-17,22-23H,6,18-19H2,1-5H3,(H,33,37). The lowest BCUT2D eigenvalue weighted by Crippen LogP contribution is -2.52. The zero-order chi connectivity index (χ0) is 29.6. The molecule has 10 heteroatoms. The Kier molecular flexibility index (Phi) is 10.6. The Labute approximate surface area is 247 Å². The van der Waals surface area contributed by atoms with Gasteiger partial charge in [0.2, 0.25) is 11.8 Å². The average Bonchev–Trinajstić information content (AvgIpc) is 2.90. The number of aryl methyl sites for hydroxylation is 2. The van der Waals surface area contributed by atoms with E-state index in [0.717, 1.165) is 16.3 Å². The van der Waals surface area contributed by atoms with Crippen LogP contribution in [0.2, 0.25) is 10.0 Å². The van der Waals surface area contributed by atoms with E-state index in [1.165, 1.54) is 17.0 Å². The second-order valence-electron chi connectivity index (χ2n) is 9.90. The average molecular weight is 605 g/mol. The van der Waals surface area contributed by atoms with Crippen LogP contribution >= 0.6 is 23.2 Å². The maximum absolute atomic E-state index is 14.0. The summed E-state index contributed by atoms with van der Waals surface area (Å²) in [5.41, 5.74) is 2.51. The van der Waals surface area contributed by atoms with Gasteiger partial charge in [-0.05, 0) is 87.7 Å². The molecule has 0 bridgehead atoms. The predicted molar refractivity (Wildman–Crippen MR) is 161 cm³/mol. The van der Waals surface area contributed by atoms with E-state index in [4.69, 9.17) is 23.2 Å². The van der Waals surface area contributed by atoms with Crippen molar-refractivity contribution < 1.29 is 18.0 Å². The number of rotatable bonds is 11. The first-order valence-corrected chi connectivity index (χ1v) is 15.2. The van der Waals surface area contributed by atoms with E-state index in [1.807, 2.05) is 20.8 Å². The van der Waals surface area contributed by atoms with Gasteiger partial charge in [0.25, 0.3) is 10.0 Å². The van der Waals surface area contributed by atoms with Crippen LogP contribution in [0.1, 0.15) is 43.9 Å². The molecule has 7 nitrogen and oxygen atoms in total. The lowest BCUT2D eigenvalue weighted by atomic mass is 10.1. The summed E-state index contributed by atoms with van der Waals surface area (Å²) in [5.74, 6) is -0.878. The summed E-state index contributed by atoms with van der Waals surface area (Å²) < 4.78 is 29.0. The molecular weight excluding hydrogens is 569 g/mol. The fourth-order valence-electron chi connectivity index (χ4n) is 4.13. The lowest BCUT2D eigenvalue weighted by Gasteiger charge is -2.33. The lowest BCUT2D eigenvalue weighted by molar-refractivity contribution is -0.139. The Morgan fingerprint density at radius 2 is 1.57 bits per heavy atom. The second kappa shape index (κ2) is 13.5. The SMILES string of the molecule is CCC(C)NC(=O)C(C)N(Cc1cccc(Cl)c1)C(=O)CN(c1ccc(Cl)cc1C)S(=O)(=O)c1ccc(C)cc1. The molecule has 0 aromatic heterocycles. The number of nitrogens with zero attached hydrogens (tertiary/aromatic N) is 2. The van der Waals surface area contributed by atoms with Crippen LogP contribution in [0, 0.1) is 13.8 Å². The van der Waals surface area contributed by atoms with Crippen LogP contribution in [0.3, 0.4) is 0 Å². The van der Waals surface area contributed by atoms with Gasteiger partial charge in [-0.1, -0.05) is 60.0 Å². The number of halogens is 2. The minimum atomic E-state index is -4.16. The largest absolute Gasteiger partial charge is 0.352 e. The minimum absolute atomic E-state index is 0.0456. The Balaban J connectivity index is 2.06.